The first kappa shape index (κ1) is 12.5. The third-order valence-corrected chi connectivity index (χ3v) is 2.59. The average molecular weight is 265 g/mol. The minimum atomic E-state index is -0.534. The first-order chi connectivity index (χ1) is 8.56. The lowest BCUT2D eigenvalue weighted by atomic mass is 10.2. The minimum Gasteiger partial charge on any atom is -0.319 e. The smallest absolute Gasteiger partial charge is 0.257 e. The normalized spacial score (nSPS) is 10.2. The molecule has 0 atom stereocenters. The number of rotatable bonds is 2. The molecular weight excluding hydrogens is 255 g/mol. The second kappa shape index (κ2) is 5.14. The van der Waals surface area contributed by atoms with E-state index in [0.717, 1.165) is 5.69 Å². The molecule has 2 aromatic rings. The lowest BCUT2D eigenvalue weighted by Crippen LogP contribution is -2.13. The van der Waals surface area contributed by atoms with Crippen molar-refractivity contribution < 1.29 is 9.18 Å². The van der Waals surface area contributed by atoms with Gasteiger partial charge >= 0.3 is 0 Å². The van der Waals surface area contributed by atoms with Gasteiger partial charge in [-0.1, -0.05) is 11.6 Å². The zero-order valence-corrected chi connectivity index (χ0v) is 10.3. The van der Waals surface area contributed by atoms with E-state index in [1.165, 1.54) is 24.4 Å². The summed E-state index contributed by atoms with van der Waals surface area (Å²) in [5, 5.41) is 2.80. The van der Waals surface area contributed by atoms with Gasteiger partial charge in [0.05, 0.1) is 11.3 Å². The van der Waals surface area contributed by atoms with Crippen molar-refractivity contribution in [3.8, 4) is 0 Å². The summed E-state index contributed by atoms with van der Waals surface area (Å²) in [5.41, 5.74) is 1.22. The molecule has 3 nitrogen and oxygen atoms in total. The number of anilines is 1. The van der Waals surface area contributed by atoms with Crippen LogP contribution in [-0.4, -0.2) is 10.9 Å². The van der Waals surface area contributed by atoms with E-state index in [1.54, 1.807) is 12.1 Å². The Hall–Kier alpha value is -1.94. The predicted octanol–water partition coefficient (Wildman–Crippen LogP) is 3.43. The zero-order chi connectivity index (χ0) is 13.1. The molecule has 0 aliphatic heterocycles. The van der Waals surface area contributed by atoms with Gasteiger partial charge in [-0.25, -0.2) is 4.39 Å². The van der Waals surface area contributed by atoms with Crippen molar-refractivity contribution in [2.75, 3.05) is 5.32 Å². The molecule has 0 aliphatic carbocycles. The van der Waals surface area contributed by atoms with E-state index >= 15 is 0 Å². The average Bonchev–Trinajstić information content (AvgIpc) is 2.34. The highest BCUT2D eigenvalue weighted by Gasteiger charge is 2.09. The highest BCUT2D eigenvalue weighted by Crippen LogP contribution is 2.20. The van der Waals surface area contributed by atoms with Crippen LogP contribution >= 0.6 is 11.6 Å². The Morgan fingerprint density at radius 3 is 2.78 bits per heavy atom. The van der Waals surface area contributed by atoms with E-state index in [9.17, 15) is 9.18 Å². The van der Waals surface area contributed by atoms with Crippen LogP contribution in [0.4, 0.5) is 10.1 Å². The first-order valence-corrected chi connectivity index (χ1v) is 5.63. The van der Waals surface area contributed by atoms with Crippen LogP contribution < -0.4 is 5.32 Å². The van der Waals surface area contributed by atoms with Crippen molar-refractivity contribution >= 4 is 23.2 Å². The molecule has 1 aromatic carbocycles. The van der Waals surface area contributed by atoms with Gasteiger partial charge in [0, 0.05) is 16.9 Å². The van der Waals surface area contributed by atoms with Gasteiger partial charge in [-0.2, -0.15) is 0 Å². The predicted molar refractivity (Wildman–Crippen MR) is 68.3 cm³/mol. The van der Waals surface area contributed by atoms with Gasteiger partial charge < -0.3 is 5.32 Å². The molecule has 1 amide bonds. The summed E-state index contributed by atoms with van der Waals surface area (Å²) in [6.07, 6.45) is 1.44. The second-order valence-electron chi connectivity index (χ2n) is 3.77. The maximum atomic E-state index is 13.4. The summed E-state index contributed by atoms with van der Waals surface area (Å²) in [6.45, 7) is 1.82. The SMILES string of the molecule is Cc1ccc(C(=O)Nc2cc(Cl)ccc2F)cn1. The molecule has 0 fully saturated rings. The lowest BCUT2D eigenvalue weighted by Gasteiger charge is -2.06. The number of benzene rings is 1. The van der Waals surface area contributed by atoms with Crippen LogP contribution in [0, 0.1) is 12.7 Å². The number of aryl methyl sites for hydroxylation is 1. The highest BCUT2D eigenvalue weighted by molar-refractivity contribution is 6.31. The summed E-state index contributed by atoms with van der Waals surface area (Å²) < 4.78 is 13.4. The summed E-state index contributed by atoms with van der Waals surface area (Å²) in [4.78, 5) is 15.8. The van der Waals surface area contributed by atoms with Crippen LogP contribution in [0.15, 0.2) is 36.5 Å². The number of aromatic nitrogens is 1. The number of hydrogen-bond acceptors (Lipinski definition) is 2. The van der Waals surface area contributed by atoms with Crippen LogP contribution in [0.2, 0.25) is 5.02 Å². The molecule has 1 aromatic heterocycles. The zero-order valence-electron chi connectivity index (χ0n) is 9.58. The fourth-order valence-corrected chi connectivity index (χ4v) is 1.56. The Morgan fingerprint density at radius 1 is 1.33 bits per heavy atom. The molecule has 5 heteroatoms. The molecule has 0 saturated heterocycles. The third kappa shape index (κ3) is 2.84. The number of amides is 1. The second-order valence-corrected chi connectivity index (χ2v) is 4.20. The molecule has 18 heavy (non-hydrogen) atoms. The quantitative estimate of drug-likeness (QED) is 0.903. The summed E-state index contributed by atoms with van der Waals surface area (Å²) in [6, 6.07) is 7.31. The molecule has 1 heterocycles. The molecule has 0 aliphatic rings. The van der Waals surface area contributed by atoms with Gasteiger partial charge in [0.15, 0.2) is 0 Å². The number of nitrogens with zero attached hydrogens (tertiary/aromatic N) is 1. The number of carbonyl (C=O) groups is 1. The summed E-state index contributed by atoms with van der Waals surface area (Å²) in [5.74, 6) is -0.962. The molecule has 0 saturated carbocycles. The summed E-state index contributed by atoms with van der Waals surface area (Å²) >= 11 is 5.74. The maximum absolute atomic E-state index is 13.4. The Kier molecular flexibility index (Phi) is 3.58. The first-order valence-electron chi connectivity index (χ1n) is 5.25. The molecule has 0 radical (unpaired) electrons. The van der Waals surface area contributed by atoms with Crippen molar-refractivity contribution in [2.45, 2.75) is 6.92 Å². The highest BCUT2D eigenvalue weighted by atomic mass is 35.5. The van der Waals surface area contributed by atoms with Crippen LogP contribution in [0.1, 0.15) is 16.1 Å². The number of nitrogens with one attached hydrogen (secondary N) is 1. The van der Waals surface area contributed by atoms with E-state index in [2.05, 4.69) is 10.3 Å². The third-order valence-electron chi connectivity index (χ3n) is 2.35. The standard InChI is InChI=1S/C13H10ClFN2O/c1-8-2-3-9(7-16-8)13(18)17-12-6-10(14)4-5-11(12)15/h2-7H,1H3,(H,17,18). The van der Waals surface area contributed by atoms with Crippen LogP contribution in [0.25, 0.3) is 0 Å². The van der Waals surface area contributed by atoms with E-state index < -0.39 is 11.7 Å². The van der Waals surface area contributed by atoms with Crippen LogP contribution in [0.5, 0.6) is 0 Å². The fraction of sp³-hybridized carbons (Fsp3) is 0.0769. The van der Waals surface area contributed by atoms with Gasteiger partial charge in [-0.3, -0.25) is 9.78 Å². The largest absolute Gasteiger partial charge is 0.319 e. The van der Waals surface area contributed by atoms with Crippen molar-refractivity contribution in [1.82, 2.24) is 4.98 Å². The number of halogens is 2. The number of hydrogen-bond donors (Lipinski definition) is 1. The fourth-order valence-electron chi connectivity index (χ4n) is 1.39. The Bertz CT molecular complexity index is 584. The molecule has 0 unspecified atom stereocenters. The molecule has 92 valence electrons. The van der Waals surface area contributed by atoms with E-state index in [-0.39, 0.29) is 5.69 Å². The molecule has 2 rings (SSSR count). The van der Waals surface area contributed by atoms with Crippen LogP contribution in [0.3, 0.4) is 0 Å². The molecule has 0 bridgehead atoms. The van der Waals surface area contributed by atoms with Crippen molar-refractivity contribution in [2.24, 2.45) is 0 Å². The maximum Gasteiger partial charge on any atom is 0.257 e. The van der Waals surface area contributed by atoms with Crippen molar-refractivity contribution in [3.05, 3.63) is 58.6 Å². The topological polar surface area (TPSA) is 42.0 Å². The Labute approximate surface area is 109 Å². The Balaban J connectivity index is 2.21. The van der Waals surface area contributed by atoms with E-state index in [4.69, 9.17) is 11.6 Å². The molecule has 1 N–H and O–H groups in total. The number of carbonyl (C=O) groups excluding carboxylic acids is 1. The summed E-state index contributed by atoms with van der Waals surface area (Å²) in [7, 11) is 0. The van der Waals surface area contributed by atoms with Gasteiger partial charge in [0.2, 0.25) is 0 Å². The van der Waals surface area contributed by atoms with Gasteiger partial charge in [-0.05, 0) is 37.3 Å². The van der Waals surface area contributed by atoms with E-state index in [0.29, 0.717) is 10.6 Å². The van der Waals surface area contributed by atoms with Crippen LogP contribution in [-0.2, 0) is 0 Å². The monoisotopic (exact) mass is 264 g/mol. The molecular formula is C13H10ClFN2O. The van der Waals surface area contributed by atoms with Gasteiger partial charge in [0.25, 0.3) is 5.91 Å². The minimum absolute atomic E-state index is 0.0491. The van der Waals surface area contributed by atoms with Gasteiger partial charge in [-0.15, -0.1) is 0 Å². The lowest BCUT2D eigenvalue weighted by molar-refractivity contribution is 0.102. The molecule has 0 spiro atoms. The van der Waals surface area contributed by atoms with Crippen molar-refractivity contribution in [1.29, 1.82) is 0 Å². The van der Waals surface area contributed by atoms with Gasteiger partial charge in [0.1, 0.15) is 5.82 Å². The van der Waals surface area contributed by atoms with E-state index in [1.807, 2.05) is 6.92 Å². The number of pyridine rings is 1. The van der Waals surface area contributed by atoms with Crippen molar-refractivity contribution in [3.63, 3.8) is 0 Å². The Morgan fingerprint density at radius 2 is 2.11 bits per heavy atom.